The van der Waals surface area contributed by atoms with E-state index in [9.17, 15) is 4.79 Å². The fourth-order valence-corrected chi connectivity index (χ4v) is 6.13. The van der Waals surface area contributed by atoms with Gasteiger partial charge in [-0.2, -0.15) is 4.99 Å². The normalized spacial score (nSPS) is 12.4. The van der Waals surface area contributed by atoms with Gasteiger partial charge in [0.1, 0.15) is 4.88 Å². The minimum absolute atomic E-state index is 0.383. The lowest BCUT2D eigenvalue weighted by Crippen LogP contribution is -2.19. The molecule has 4 rings (SSSR count). The van der Waals surface area contributed by atoms with Crippen LogP contribution in [0.2, 0.25) is 15.1 Å². The van der Waals surface area contributed by atoms with Gasteiger partial charge in [-0.25, -0.2) is 0 Å². The molecule has 144 valence electrons. The first-order valence-electron chi connectivity index (χ1n) is 8.23. The van der Waals surface area contributed by atoms with E-state index in [1.165, 1.54) is 22.7 Å². The molecule has 0 aliphatic rings. The molecule has 0 fully saturated rings. The number of carbonyl (C=O) groups is 1. The Morgan fingerprint density at radius 1 is 1.14 bits per heavy atom. The topological polar surface area (TPSA) is 43.6 Å². The molecular formula is C19H13Cl3N2O2S2. The summed E-state index contributed by atoms with van der Waals surface area (Å²) < 4.78 is 8.87. The van der Waals surface area contributed by atoms with Gasteiger partial charge < -0.3 is 9.30 Å². The van der Waals surface area contributed by atoms with E-state index in [1.54, 1.807) is 13.2 Å². The number of amides is 1. The van der Waals surface area contributed by atoms with Crippen LogP contribution >= 0.6 is 57.5 Å². The number of hydrogen-bond acceptors (Lipinski definition) is 4. The Bertz CT molecular complexity index is 1270. The first-order chi connectivity index (χ1) is 13.5. The van der Waals surface area contributed by atoms with Crippen LogP contribution in [0.15, 0.2) is 41.4 Å². The number of rotatable bonds is 4. The zero-order chi connectivity index (χ0) is 19.8. The van der Waals surface area contributed by atoms with Crippen LogP contribution < -0.4 is 4.80 Å². The van der Waals surface area contributed by atoms with Crippen molar-refractivity contribution >= 4 is 83.7 Å². The second-order valence-electron chi connectivity index (χ2n) is 5.92. The molecule has 0 bridgehead atoms. The number of benzene rings is 2. The quantitative estimate of drug-likeness (QED) is 0.352. The fourth-order valence-electron chi connectivity index (χ4n) is 2.89. The zero-order valence-electron chi connectivity index (χ0n) is 14.5. The third-order valence-corrected chi connectivity index (χ3v) is 7.34. The second-order valence-corrected chi connectivity index (χ2v) is 9.20. The van der Waals surface area contributed by atoms with E-state index in [0.29, 0.717) is 37.9 Å². The van der Waals surface area contributed by atoms with Crippen LogP contribution in [0.5, 0.6) is 0 Å². The van der Waals surface area contributed by atoms with Gasteiger partial charge in [-0.05, 0) is 18.2 Å². The summed E-state index contributed by atoms with van der Waals surface area (Å²) in [5, 5.41) is 2.32. The molecule has 0 N–H and O–H groups in total. The summed E-state index contributed by atoms with van der Waals surface area (Å²) in [7, 11) is 1.62. The molecule has 4 nitrogen and oxygen atoms in total. The first kappa shape index (κ1) is 19.9. The van der Waals surface area contributed by atoms with Crippen LogP contribution in [0, 0.1) is 0 Å². The largest absolute Gasteiger partial charge is 0.383 e. The lowest BCUT2D eigenvalue weighted by atomic mass is 10.2. The Hall–Kier alpha value is -1.41. The Morgan fingerprint density at radius 2 is 1.93 bits per heavy atom. The molecule has 0 saturated heterocycles. The van der Waals surface area contributed by atoms with Gasteiger partial charge in [-0.15, -0.1) is 11.3 Å². The molecule has 0 radical (unpaired) electrons. The van der Waals surface area contributed by atoms with Gasteiger partial charge in [0.15, 0.2) is 4.80 Å². The Kier molecular flexibility index (Phi) is 5.78. The van der Waals surface area contributed by atoms with Crippen molar-refractivity contribution in [1.29, 1.82) is 0 Å². The van der Waals surface area contributed by atoms with Crippen LogP contribution in [0.3, 0.4) is 0 Å². The molecule has 2 heterocycles. The van der Waals surface area contributed by atoms with Crippen molar-refractivity contribution in [3.8, 4) is 0 Å². The maximum Gasteiger partial charge on any atom is 0.291 e. The molecule has 28 heavy (non-hydrogen) atoms. The fraction of sp³-hybridized carbons (Fsp3) is 0.158. The SMILES string of the molecule is COCCn1c(=NC(=O)c2sc3ccccc3c2Cl)sc2cc(Cl)cc(Cl)c21. The lowest BCUT2D eigenvalue weighted by Gasteiger charge is -2.05. The summed E-state index contributed by atoms with van der Waals surface area (Å²) in [5.41, 5.74) is 0.780. The van der Waals surface area contributed by atoms with Crippen LogP contribution in [0.4, 0.5) is 0 Å². The van der Waals surface area contributed by atoms with Crippen molar-refractivity contribution in [2.75, 3.05) is 13.7 Å². The van der Waals surface area contributed by atoms with Gasteiger partial charge in [0.2, 0.25) is 0 Å². The third-order valence-electron chi connectivity index (χ3n) is 4.14. The summed E-state index contributed by atoms with van der Waals surface area (Å²) in [6, 6.07) is 11.1. The van der Waals surface area contributed by atoms with E-state index < -0.39 is 0 Å². The second kappa shape index (κ2) is 8.14. The zero-order valence-corrected chi connectivity index (χ0v) is 18.4. The van der Waals surface area contributed by atoms with Gasteiger partial charge in [-0.3, -0.25) is 4.79 Å². The summed E-state index contributed by atoms with van der Waals surface area (Å²) in [5.74, 6) is -0.383. The average Bonchev–Trinajstić information content (AvgIpc) is 3.18. The van der Waals surface area contributed by atoms with Gasteiger partial charge in [0.25, 0.3) is 5.91 Å². The Labute approximate surface area is 183 Å². The van der Waals surface area contributed by atoms with E-state index in [2.05, 4.69) is 4.99 Å². The smallest absolute Gasteiger partial charge is 0.291 e. The summed E-state index contributed by atoms with van der Waals surface area (Å²) in [4.78, 5) is 18.2. The monoisotopic (exact) mass is 470 g/mol. The molecule has 2 aromatic heterocycles. The molecule has 1 amide bonds. The molecule has 4 aromatic rings. The molecule has 2 aromatic carbocycles. The number of fused-ring (bicyclic) bond motifs is 2. The minimum atomic E-state index is -0.383. The molecular weight excluding hydrogens is 459 g/mol. The van der Waals surface area contributed by atoms with Crippen molar-refractivity contribution in [2.24, 2.45) is 4.99 Å². The Morgan fingerprint density at radius 3 is 2.68 bits per heavy atom. The molecule has 0 aliphatic heterocycles. The molecule has 0 saturated carbocycles. The highest BCUT2D eigenvalue weighted by molar-refractivity contribution is 7.21. The highest BCUT2D eigenvalue weighted by atomic mass is 35.5. The number of halogens is 3. The Balaban J connectivity index is 1.89. The van der Waals surface area contributed by atoms with Crippen LogP contribution in [0.25, 0.3) is 20.3 Å². The van der Waals surface area contributed by atoms with Gasteiger partial charge >= 0.3 is 0 Å². The number of thiophene rings is 1. The number of ether oxygens (including phenoxy) is 1. The van der Waals surface area contributed by atoms with Crippen molar-refractivity contribution in [1.82, 2.24) is 4.57 Å². The maximum atomic E-state index is 12.9. The predicted molar refractivity (Wildman–Crippen MR) is 118 cm³/mol. The van der Waals surface area contributed by atoms with Crippen LogP contribution in [0.1, 0.15) is 9.67 Å². The lowest BCUT2D eigenvalue weighted by molar-refractivity contribution is 0.100. The maximum absolute atomic E-state index is 12.9. The van der Waals surface area contributed by atoms with Crippen LogP contribution in [-0.4, -0.2) is 24.2 Å². The van der Waals surface area contributed by atoms with E-state index in [1.807, 2.05) is 34.9 Å². The molecule has 0 atom stereocenters. The summed E-state index contributed by atoms with van der Waals surface area (Å²) in [6.07, 6.45) is 0. The standard InChI is InChI=1S/C19H13Cl3N2O2S2/c1-26-7-6-24-16-12(21)8-10(20)9-14(16)28-19(24)23-18(25)17-15(22)11-4-2-3-5-13(11)27-17/h2-5,8-9H,6-7H2,1H3. The molecule has 0 unspecified atom stereocenters. The first-order valence-corrected chi connectivity index (χ1v) is 11.0. The number of methoxy groups -OCH3 is 1. The van der Waals surface area contributed by atoms with E-state index in [4.69, 9.17) is 39.5 Å². The highest BCUT2D eigenvalue weighted by Gasteiger charge is 2.18. The molecule has 9 heteroatoms. The average molecular weight is 472 g/mol. The summed E-state index contributed by atoms with van der Waals surface area (Å²) in [6.45, 7) is 0.958. The highest BCUT2D eigenvalue weighted by Crippen LogP contribution is 2.35. The molecule has 0 spiro atoms. The van der Waals surface area contributed by atoms with E-state index in [-0.39, 0.29) is 5.91 Å². The van der Waals surface area contributed by atoms with E-state index >= 15 is 0 Å². The van der Waals surface area contributed by atoms with Gasteiger partial charge in [0, 0.05) is 28.8 Å². The number of hydrogen-bond donors (Lipinski definition) is 0. The number of carbonyl (C=O) groups excluding carboxylic acids is 1. The van der Waals surface area contributed by atoms with Crippen LogP contribution in [-0.2, 0) is 11.3 Å². The van der Waals surface area contributed by atoms with Crippen molar-refractivity contribution in [3.63, 3.8) is 0 Å². The predicted octanol–water partition coefficient (Wildman–Crippen LogP) is 6.27. The number of nitrogens with zero attached hydrogens (tertiary/aromatic N) is 2. The van der Waals surface area contributed by atoms with E-state index in [0.717, 1.165) is 20.3 Å². The van der Waals surface area contributed by atoms with Crippen molar-refractivity contribution < 1.29 is 9.53 Å². The number of thiazole rings is 1. The van der Waals surface area contributed by atoms with Crippen molar-refractivity contribution in [3.05, 3.63) is 61.1 Å². The van der Waals surface area contributed by atoms with Gasteiger partial charge in [0.05, 0.1) is 26.9 Å². The summed E-state index contributed by atoms with van der Waals surface area (Å²) >= 11 is 21.7. The third kappa shape index (κ3) is 3.61. The van der Waals surface area contributed by atoms with Crippen molar-refractivity contribution in [2.45, 2.75) is 6.54 Å². The molecule has 0 aliphatic carbocycles. The number of aromatic nitrogens is 1. The minimum Gasteiger partial charge on any atom is -0.383 e. The van der Waals surface area contributed by atoms with Gasteiger partial charge in [-0.1, -0.05) is 64.3 Å².